The molecule has 2 nitrogen and oxygen atoms in total. The topological polar surface area (TPSA) is 27.8 Å². The minimum absolute atomic E-state index is 0.760. The molecule has 84 valence electrons. The summed E-state index contributed by atoms with van der Waals surface area (Å²) in [5.74, 6) is 0. The van der Waals surface area contributed by atoms with Crippen molar-refractivity contribution in [3.63, 3.8) is 0 Å². The number of hydrogen-bond donors (Lipinski definition) is 2. The van der Waals surface area contributed by atoms with Crippen molar-refractivity contribution < 1.29 is 0 Å². The Morgan fingerprint density at radius 1 is 1.50 bits per heavy atom. The lowest BCUT2D eigenvalue weighted by Crippen LogP contribution is -2.14. The zero-order valence-electron chi connectivity index (χ0n) is 9.31. The molecule has 0 atom stereocenters. The summed E-state index contributed by atoms with van der Waals surface area (Å²) in [5.41, 5.74) is 3.48. The lowest BCUT2D eigenvalue weighted by atomic mass is 10.2. The molecule has 1 heterocycles. The minimum atomic E-state index is 0.760. The van der Waals surface area contributed by atoms with Crippen LogP contribution in [0.1, 0.15) is 12.5 Å². The van der Waals surface area contributed by atoms with Crippen LogP contribution in [-0.2, 0) is 6.54 Å². The van der Waals surface area contributed by atoms with E-state index in [1.54, 1.807) is 0 Å². The monoisotopic (exact) mass is 234 g/mol. The van der Waals surface area contributed by atoms with Crippen LogP contribution < -0.4 is 5.32 Å². The van der Waals surface area contributed by atoms with Crippen LogP contribution in [0.2, 0.25) is 5.02 Å². The number of H-pyrrole nitrogens is 1. The first-order valence-electron chi connectivity index (χ1n) is 5.27. The lowest BCUT2D eigenvalue weighted by molar-refractivity contribution is 0.745. The first kappa shape index (κ1) is 11.2. The molecular weight excluding hydrogens is 220 g/mol. The summed E-state index contributed by atoms with van der Waals surface area (Å²) in [4.78, 5) is 3.22. The average Bonchev–Trinajstić information content (AvgIpc) is 2.60. The van der Waals surface area contributed by atoms with Crippen LogP contribution in [0.3, 0.4) is 0 Å². The van der Waals surface area contributed by atoms with Gasteiger partial charge in [-0.15, -0.1) is 0 Å². The van der Waals surface area contributed by atoms with Gasteiger partial charge < -0.3 is 10.3 Å². The Balaban J connectivity index is 2.15. The number of aromatic amines is 1. The molecule has 0 aliphatic rings. The number of hydrogen-bond acceptors (Lipinski definition) is 1. The molecule has 0 aliphatic heterocycles. The normalized spacial score (nSPS) is 10.9. The van der Waals surface area contributed by atoms with Gasteiger partial charge in [-0.25, -0.2) is 0 Å². The largest absolute Gasteiger partial charge is 0.361 e. The number of fused-ring (bicyclic) bond motifs is 1. The molecule has 2 rings (SSSR count). The van der Waals surface area contributed by atoms with Gasteiger partial charge in [-0.1, -0.05) is 29.8 Å². The quantitative estimate of drug-likeness (QED) is 0.779. The molecule has 0 aliphatic carbocycles. The fraction of sp³-hybridized carbons (Fsp3) is 0.231. The second-order valence-corrected chi connectivity index (χ2v) is 4.50. The summed E-state index contributed by atoms with van der Waals surface area (Å²) in [6.45, 7) is 7.57. The number of benzene rings is 1. The van der Waals surface area contributed by atoms with E-state index >= 15 is 0 Å². The molecule has 1 aromatic carbocycles. The van der Waals surface area contributed by atoms with Crippen molar-refractivity contribution in [1.82, 2.24) is 10.3 Å². The fourth-order valence-electron chi connectivity index (χ4n) is 1.72. The van der Waals surface area contributed by atoms with Gasteiger partial charge in [0.15, 0.2) is 0 Å². The maximum Gasteiger partial charge on any atom is 0.0472 e. The Morgan fingerprint density at radius 2 is 2.31 bits per heavy atom. The van der Waals surface area contributed by atoms with E-state index in [9.17, 15) is 0 Å². The predicted octanol–water partition coefficient (Wildman–Crippen LogP) is 3.49. The molecule has 3 heteroatoms. The van der Waals surface area contributed by atoms with Gasteiger partial charge in [0.1, 0.15) is 0 Å². The Labute approximate surface area is 100 Å². The van der Waals surface area contributed by atoms with Crippen molar-refractivity contribution in [3.8, 4) is 0 Å². The van der Waals surface area contributed by atoms with E-state index in [1.165, 1.54) is 10.9 Å². The summed E-state index contributed by atoms with van der Waals surface area (Å²) in [6.07, 6.45) is 2.02. The van der Waals surface area contributed by atoms with Crippen molar-refractivity contribution >= 4 is 22.5 Å². The summed E-state index contributed by atoms with van der Waals surface area (Å²) >= 11 is 5.93. The van der Waals surface area contributed by atoms with Crippen LogP contribution in [0.4, 0.5) is 0 Å². The van der Waals surface area contributed by atoms with Gasteiger partial charge in [0.2, 0.25) is 0 Å². The van der Waals surface area contributed by atoms with Gasteiger partial charge in [-0.05, 0) is 24.6 Å². The molecule has 0 fully saturated rings. The van der Waals surface area contributed by atoms with Gasteiger partial charge in [0, 0.05) is 35.2 Å². The predicted molar refractivity (Wildman–Crippen MR) is 69.8 cm³/mol. The van der Waals surface area contributed by atoms with E-state index in [2.05, 4.69) is 16.9 Å². The van der Waals surface area contributed by atoms with E-state index in [-0.39, 0.29) is 0 Å². The smallest absolute Gasteiger partial charge is 0.0472 e. The summed E-state index contributed by atoms with van der Waals surface area (Å²) < 4.78 is 0. The fourth-order valence-corrected chi connectivity index (χ4v) is 1.89. The van der Waals surface area contributed by atoms with E-state index in [0.29, 0.717) is 0 Å². The van der Waals surface area contributed by atoms with Crippen molar-refractivity contribution in [2.24, 2.45) is 0 Å². The molecule has 0 saturated heterocycles. The maximum absolute atomic E-state index is 5.93. The van der Waals surface area contributed by atoms with Gasteiger partial charge >= 0.3 is 0 Å². The standard InChI is InChI=1S/C13H15ClN2/c1-9(2)6-15-7-10-8-16-13-5-11(14)3-4-12(10)13/h3-5,8,15-16H,1,6-7H2,2H3. The molecule has 2 N–H and O–H groups in total. The van der Waals surface area contributed by atoms with Crippen LogP contribution in [0.15, 0.2) is 36.5 Å². The third-order valence-corrected chi connectivity index (χ3v) is 2.71. The minimum Gasteiger partial charge on any atom is -0.361 e. The molecule has 0 saturated carbocycles. The SMILES string of the molecule is C=C(C)CNCc1c[nH]c2cc(Cl)ccc12. The highest BCUT2D eigenvalue weighted by molar-refractivity contribution is 6.31. The Kier molecular flexibility index (Phi) is 3.32. The highest BCUT2D eigenvalue weighted by atomic mass is 35.5. The Hall–Kier alpha value is -1.25. The molecule has 2 aromatic rings. The molecule has 0 bridgehead atoms. The molecule has 0 amide bonds. The van der Waals surface area contributed by atoms with Crippen molar-refractivity contribution in [2.45, 2.75) is 13.5 Å². The highest BCUT2D eigenvalue weighted by Crippen LogP contribution is 2.21. The summed E-state index contributed by atoms with van der Waals surface area (Å²) in [6, 6.07) is 5.91. The molecule has 0 radical (unpaired) electrons. The number of aromatic nitrogens is 1. The van der Waals surface area contributed by atoms with E-state index < -0.39 is 0 Å². The van der Waals surface area contributed by atoms with Gasteiger partial charge in [0.05, 0.1) is 0 Å². The number of halogens is 1. The number of rotatable bonds is 4. The third-order valence-electron chi connectivity index (χ3n) is 2.47. The molecule has 0 spiro atoms. The van der Waals surface area contributed by atoms with E-state index in [4.69, 9.17) is 11.6 Å². The van der Waals surface area contributed by atoms with Crippen LogP contribution in [0.25, 0.3) is 10.9 Å². The van der Waals surface area contributed by atoms with Crippen LogP contribution >= 0.6 is 11.6 Å². The highest BCUT2D eigenvalue weighted by Gasteiger charge is 2.03. The van der Waals surface area contributed by atoms with E-state index in [0.717, 1.165) is 29.2 Å². The van der Waals surface area contributed by atoms with Crippen LogP contribution in [0, 0.1) is 0 Å². The van der Waals surface area contributed by atoms with Gasteiger partial charge in [0.25, 0.3) is 0 Å². The molecule has 16 heavy (non-hydrogen) atoms. The third kappa shape index (κ3) is 2.46. The Morgan fingerprint density at radius 3 is 3.06 bits per heavy atom. The lowest BCUT2D eigenvalue weighted by Gasteiger charge is -2.02. The Bertz CT molecular complexity index is 514. The second kappa shape index (κ2) is 4.73. The first-order valence-corrected chi connectivity index (χ1v) is 5.65. The van der Waals surface area contributed by atoms with Crippen molar-refractivity contribution in [2.75, 3.05) is 6.54 Å². The average molecular weight is 235 g/mol. The molecule has 0 unspecified atom stereocenters. The zero-order chi connectivity index (χ0) is 11.5. The first-order chi connectivity index (χ1) is 7.66. The number of nitrogens with one attached hydrogen (secondary N) is 2. The molecule has 1 aromatic heterocycles. The van der Waals surface area contributed by atoms with Gasteiger partial charge in [-0.3, -0.25) is 0 Å². The second-order valence-electron chi connectivity index (χ2n) is 4.06. The zero-order valence-corrected chi connectivity index (χ0v) is 10.1. The summed E-state index contributed by atoms with van der Waals surface area (Å²) in [5, 5.41) is 5.32. The van der Waals surface area contributed by atoms with Gasteiger partial charge in [-0.2, -0.15) is 0 Å². The van der Waals surface area contributed by atoms with Crippen LogP contribution in [-0.4, -0.2) is 11.5 Å². The van der Waals surface area contributed by atoms with Crippen LogP contribution in [0.5, 0.6) is 0 Å². The van der Waals surface area contributed by atoms with Crippen molar-refractivity contribution in [3.05, 3.63) is 47.1 Å². The maximum atomic E-state index is 5.93. The molecular formula is C13H15ClN2. The van der Waals surface area contributed by atoms with E-state index in [1.807, 2.05) is 31.3 Å². The van der Waals surface area contributed by atoms with Crippen molar-refractivity contribution in [1.29, 1.82) is 0 Å². The summed E-state index contributed by atoms with van der Waals surface area (Å²) in [7, 11) is 0.